The highest BCUT2D eigenvalue weighted by molar-refractivity contribution is 5.82. The van der Waals surface area contributed by atoms with Gasteiger partial charge in [-0.25, -0.2) is 8.78 Å². The Hall–Kier alpha value is -2.86. The van der Waals surface area contributed by atoms with E-state index in [1.165, 1.54) is 23.1 Å². The van der Waals surface area contributed by atoms with Crippen LogP contribution in [-0.2, 0) is 6.54 Å². The Bertz CT molecular complexity index is 1160. The van der Waals surface area contributed by atoms with E-state index >= 15 is 0 Å². The maximum Gasteiger partial charge on any atom is 0.127 e. The highest BCUT2D eigenvalue weighted by Crippen LogP contribution is 2.32. The highest BCUT2D eigenvalue weighted by atomic mass is 19.1. The molecule has 0 amide bonds. The molecule has 2 saturated heterocycles. The highest BCUT2D eigenvalue weighted by Gasteiger charge is 2.21. The van der Waals surface area contributed by atoms with Crippen LogP contribution in [0.25, 0.3) is 5.57 Å². The van der Waals surface area contributed by atoms with Crippen LogP contribution in [0.2, 0.25) is 0 Å². The van der Waals surface area contributed by atoms with Gasteiger partial charge in [-0.05, 0) is 67.3 Å². The second kappa shape index (κ2) is 12.6. The number of hydrogen-bond acceptors (Lipinski definition) is 3. The van der Waals surface area contributed by atoms with Crippen LogP contribution in [0.3, 0.4) is 0 Å². The predicted molar refractivity (Wildman–Crippen MR) is 147 cm³/mol. The van der Waals surface area contributed by atoms with Crippen molar-refractivity contribution in [2.75, 3.05) is 52.4 Å². The fourth-order valence-corrected chi connectivity index (χ4v) is 5.65. The second-order valence-corrected chi connectivity index (χ2v) is 10.3. The van der Waals surface area contributed by atoms with E-state index < -0.39 is 0 Å². The third kappa shape index (κ3) is 6.92. The molecule has 0 atom stereocenters. The van der Waals surface area contributed by atoms with Gasteiger partial charge in [-0.3, -0.25) is 4.90 Å². The molecule has 3 nitrogen and oxygen atoms in total. The third-order valence-corrected chi connectivity index (χ3v) is 7.77. The fourth-order valence-electron chi connectivity index (χ4n) is 5.65. The topological polar surface area (TPSA) is 9.72 Å². The van der Waals surface area contributed by atoms with Crippen molar-refractivity contribution in [3.05, 3.63) is 113 Å². The van der Waals surface area contributed by atoms with Gasteiger partial charge in [0.05, 0.1) is 0 Å². The summed E-state index contributed by atoms with van der Waals surface area (Å²) in [6.45, 7) is 9.20. The minimum Gasteiger partial charge on any atom is -0.303 e. The summed E-state index contributed by atoms with van der Waals surface area (Å²) < 4.78 is 27.5. The molecule has 2 aliphatic rings. The van der Waals surface area contributed by atoms with Gasteiger partial charge in [0.15, 0.2) is 0 Å². The summed E-state index contributed by atoms with van der Waals surface area (Å²) in [6.07, 6.45) is 3.28. The van der Waals surface area contributed by atoms with Crippen LogP contribution in [0.1, 0.15) is 36.0 Å². The van der Waals surface area contributed by atoms with Gasteiger partial charge < -0.3 is 9.80 Å². The average molecular weight is 502 g/mol. The Labute approximate surface area is 220 Å². The fraction of sp³-hybridized carbons (Fsp3) is 0.375. The van der Waals surface area contributed by atoms with Crippen molar-refractivity contribution in [2.24, 2.45) is 0 Å². The monoisotopic (exact) mass is 501 g/mol. The molecular formula is C32H37F2N3. The first-order valence-corrected chi connectivity index (χ1v) is 13.6. The zero-order valence-corrected chi connectivity index (χ0v) is 21.6. The summed E-state index contributed by atoms with van der Waals surface area (Å²) in [7, 11) is 0. The van der Waals surface area contributed by atoms with E-state index in [1.807, 2.05) is 30.3 Å². The first kappa shape index (κ1) is 25.8. The molecule has 0 spiro atoms. The number of hydrogen-bond donors (Lipinski definition) is 0. The summed E-state index contributed by atoms with van der Waals surface area (Å²) in [5, 5.41) is 0. The zero-order chi connectivity index (χ0) is 25.5. The molecule has 5 heteroatoms. The third-order valence-electron chi connectivity index (χ3n) is 7.77. The Kier molecular flexibility index (Phi) is 8.77. The number of rotatable bonds is 8. The summed E-state index contributed by atoms with van der Waals surface area (Å²) in [5.41, 5.74) is 5.86. The van der Waals surface area contributed by atoms with Gasteiger partial charge in [0, 0.05) is 51.4 Å². The molecule has 0 N–H and O–H groups in total. The van der Waals surface area contributed by atoms with Crippen molar-refractivity contribution in [2.45, 2.75) is 25.8 Å². The molecule has 0 aromatic heterocycles. The molecule has 5 rings (SSSR count). The van der Waals surface area contributed by atoms with Crippen molar-refractivity contribution in [3.8, 4) is 0 Å². The second-order valence-electron chi connectivity index (χ2n) is 10.3. The van der Waals surface area contributed by atoms with Crippen LogP contribution in [0.4, 0.5) is 8.78 Å². The van der Waals surface area contributed by atoms with Crippen LogP contribution < -0.4 is 0 Å². The van der Waals surface area contributed by atoms with E-state index in [0.717, 1.165) is 76.3 Å². The van der Waals surface area contributed by atoms with Crippen LogP contribution >= 0.6 is 0 Å². The lowest BCUT2D eigenvalue weighted by atomic mass is 9.88. The number of nitrogens with zero attached hydrogens (tertiary/aromatic N) is 3. The first-order valence-electron chi connectivity index (χ1n) is 13.6. The van der Waals surface area contributed by atoms with E-state index in [4.69, 9.17) is 0 Å². The molecule has 0 unspecified atom stereocenters. The maximum atomic E-state index is 14.0. The van der Waals surface area contributed by atoms with Gasteiger partial charge in [0.2, 0.25) is 0 Å². The molecule has 0 saturated carbocycles. The SMILES string of the molecule is Fc1ccc(C(=C2CCN(CCCN3CCN(Cc4ccccc4F)CC3)CC2)c2ccccc2)cc1. The normalized spacial score (nSPS) is 17.7. The summed E-state index contributed by atoms with van der Waals surface area (Å²) in [4.78, 5) is 7.50. The number of benzene rings is 3. The van der Waals surface area contributed by atoms with E-state index in [1.54, 1.807) is 24.3 Å². The molecule has 194 valence electrons. The van der Waals surface area contributed by atoms with Crippen molar-refractivity contribution in [3.63, 3.8) is 0 Å². The van der Waals surface area contributed by atoms with Crippen molar-refractivity contribution in [1.29, 1.82) is 0 Å². The molecular weight excluding hydrogens is 464 g/mol. The minimum atomic E-state index is -0.192. The average Bonchev–Trinajstić information content (AvgIpc) is 2.94. The van der Waals surface area contributed by atoms with Gasteiger partial charge in [-0.1, -0.05) is 66.2 Å². The molecule has 3 aromatic rings. The summed E-state index contributed by atoms with van der Waals surface area (Å²) in [6, 6.07) is 24.6. The van der Waals surface area contributed by atoms with Gasteiger partial charge in [0.1, 0.15) is 11.6 Å². The number of piperazine rings is 1. The largest absolute Gasteiger partial charge is 0.303 e. The maximum absolute atomic E-state index is 14.0. The Morgan fingerprint density at radius 1 is 0.595 bits per heavy atom. The van der Waals surface area contributed by atoms with Crippen LogP contribution in [0.15, 0.2) is 84.4 Å². The quantitative estimate of drug-likeness (QED) is 0.371. The van der Waals surface area contributed by atoms with E-state index in [2.05, 4.69) is 39.0 Å². The van der Waals surface area contributed by atoms with Crippen molar-refractivity contribution >= 4 is 5.57 Å². The smallest absolute Gasteiger partial charge is 0.127 e. The van der Waals surface area contributed by atoms with Crippen LogP contribution in [0, 0.1) is 11.6 Å². The summed E-state index contributed by atoms with van der Waals surface area (Å²) in [5.74, 6) is -0.291. The molecule has 2 heterocycles. The lowest BCUT2D eigenvalue weighted by molar-refractivity contribution is 0.120. The lowest BCUT2D eigenvalue weighted by Crippen LogP contribution is -2.46. The van der Waals surface area contributed by atoms with Gasteiger partial charge in [-0.2, -0.15) is 0 Å². The molecule has 2 aliphatic heterocycles. The minimum absolute atomic E-state index is 0.0991. The van der Waals surface area contributed by atoms with Crippen molar-refractivity contribution < 1.29 is 8.78 Å². The zero-order valence-electron chi connectivity index (χ0n) is 21.6. The van der Waals surface area contributed by atoms with E-state index in [-0.39, 0.29) is 11.6 Å². The van der Waals surface area contributed by atoms with E-state index in [0.29, 0.717) is 6.54 Å². The van der Waals surface area contributed by atoms with Crippen molar-refractivity contribution in [1.82, 2.24) is 14.7 Å². The first-order chi connectivity index (χ1) is 18.2. The molecule has 37 heavy (non-hydrogen) atoms. The van der Waals surface area contributed by atoms with Gasteiger partial charge in [-0.15, -0.1) is 0 Å². The number of piperidine rings is 1. The lowest BCUT2D eigenvalue weighted by Gasteiger charge is -2.35. The van der Waals surface area contributed by atoms with Crippen LogP contribution in [-0.4, -0.2) is 67.1 Å². The molecule has 0 radical (unpaired) electrons. The Morgan fingerprint density at radius 3 is 1.84 bits per heavy atom. The van der Waals surface area contributed by atoms with Crippen LogP contribution in [0.5, 0.6) is 0 Å². The number of halogens is 2. The Balaban J connectivity index is 1.09. The molecule has 0 aliphatic carbocycles. The predicted octanol–water partition coefficient (Wildman–Crippen LogP) is 6.07. The Morgan fingerprint density at radius 2 is 1.16 bits per heavy atom. The molecule has 0 bridgehead atoms. The number of likely N-dealkylation sites (tertiary alicyclic amines) is 1. The van der Waals surface area contributed by atoms with E-state index in [9.17, 15) is 8.78 Å². The summed E-state index contributed by atoms with van der Waals surface area (Å²) >= 11 is 0. The standard InChI is InChI=1S/C32H37F2N3/c33-30-13-11-27(12-14-30)32(26-7-2-1-3-8-26)28-15-19-35(20-16-28)17-6-18-36-21-23-37(24-22-36)25-29-9-4-5-10-31(29)34/h1-5,7-14H,6,15-25H2. The van der Waals surface area contributed by atoms with Gasteiger partial charge >= 0.3 is 0 Å². The molecule has 3 aromatic carbocycles. The van der Waals surface area contributed by atoms with Gasteiger partial charge in [0.25, 0.3) is 0 Å². The molecule has 2 fully saturated rings.